The van der Waals surface area contributed by atoms with Crippen molar-refractivity contribution in [3.63, 3.8) is 0 Å². The summed E-state index contributed by atoms with van der Waals surface area (Å²) in [6, 6.07) is 7.79. The fraction of sp³-hybridized carbons (Fsp3) is 0.200. The normalized spacial score (nSPS) is 21.2. The predicted molar refractivity (Wildman–Crippen MR) is 80.4 cm³/mol. The number of amides is 1. The standard InChI is InChI=1S/C15H11F3N2O2S/c1-14(12(21)19-13(23)20-14)11-7-6-10(22-11)8-2-4-9(5-3-8)15(16,17)18/h2-7H,1H3,(H2,19,20,21,23). The van der Waals surface area contributed by atoms with Crippen molar-refractivity contribution < 1.29 is 22.4 Å². The number of rotatable bonds is 2. The van der Waals surface area contributed by atoms with E-state index >= 15 is 0 Å². The molecule has 2 N–H and O–H groups in total. The summed E-state index contributed by atoms with van der Waals surface area (Å²) in [5, 5.41) is 5.49. The molecule has 1 saturated heterocycles. The Balaban J connectivity index is 1.91. The maximum absolute atomic E-state index is 12.6. The van der Waals surface area contributed by atoms with Crippen molar-refractivity contribution in [2.45, 2.75) is 18.6 Å². The minimum absolute atomic E-state index is 0.199. The molecule has 3 rings (SSSR count). The van der Waals surface area contributed by atoms with Gasteiger partial charge in [-0.05, 0) is 43.4 Å². The Kier molecular flexibility index (Phi) is 3.44. The Hall–Kier alpha value is -2.35. The van der Waals surface area contributed by atoms with Crippen LogP contribution in [-0.4, -0.2) is 11.0 Å². The van der Waals surface area contributed by atoms with Crippen LogP contribution in [0.1, 0.15) is 18.2 Å². The van der Waals surface area contributed by atoms with Crippen LogP contribution in [-0.2, 0) is 16.5 Å². The first kappa shape index (κ1) is 15.5. The highest BCUT2D eigenvalue weighted by atomic mass is 32.1. The van der Waals surface area contributed by atoms with Crippen molar-refractivity contribution >= 4 is 23.2 Å². The number of carbonyl (C=O) groups excluding carboxylic acids is 1. The lowest BCUT2D eigenvalue weighted by Crippen LogP contribution is -2.40. The SMILES string of the molecule is CC1(c2ccc(-c3ccc(C(F)(F)F)cc3)o2)NC(=S)NC1=O. The van der Waals surface area contributed by atoms with E-state index in [0.717, 1.165) is 12.1 Å². The van der Waals surface area contributed by atoms with Crippen LogP contribution in [0.2, 0.25) is 0 Å². The molecule has 2 heterocycles. The largest absolute Gasteiger partial charge is 0.458 e. The molecule has 1 aromatic carbocycles. The van der Waals surface area contributed by atoms with Gasteiger partial charge in [-0.15, -0.1) is 0 Å². The number of furan rings is 1. The van der Waals surface area contributed by atoms with E-state index in [1.54, 1.807) is 19.1 Å². The fourth-order valence-corrected chi connectivity index (χ4v) is 2.60. The maximum Gasteiger partial charge on any atom is 0.416 e. The van der Waals surface area contributed by atoms with Gasteiger partial charge in [-0.1, -0.05) is 12.1 Å². The summed E-state index contributed by atoms with van der Waals surface area (Å²) < 4.78 is 43.4. The molecule has 1 amide bonds. The summed E-state index contributed by atoms with van der Waals surface area (Å²) >= 11 is 4.90. The van der Waals surface area contributed by atoms with Gasteiger partial charge in [0.05, 0.1) is 5.56 Å². The molecule has 0 radical (unpaired) electrons. The van der Waals surface area contributed by atoms with E-state index in [4.69, 9.17) is 16.6 Å². The van der Waals surface area contributed by atoms with Gasteiger partial charge in [-0.25, -0.2) is 0 Å². The van der Waals surface area contributed by atoms with Crippen molar-refractivity contribution in [1.82, 2.24) is 10.6 Å². The van der Waals surface area contributed by atoms with Crippen LogP contribution in [0, 0.1) is 0 Å². The third-order valence-electron chi connectivity index (χ3n) is 3.64. The lowest BCUT2D eigenvalue weighted by molar-refractivity contribution is -0.137. The van der Waals surface area contributed by atoms with Gasteiger partial charge in [0.1, 0.15) is 11.5 Å². The zero-order valence-electron chi connectivity index (χ0n) is 11.8. The zero-order chi connectivity index (χ0) is 16.8. The van der Waals surface area contributed by atoms with Crippen LogP contribution in [0.15, 0.2) is 40.8 Å². The molecule has 1 atom stereocenters. The minimum Gasteiger partial charge on any atom is -0.458 e. The summed E-state index contributed by atoms with van der Waals surface area (Å²) in [5.41, 5.74) is -1.39. The topological polar surface area (TPSA) is 54.3 Å². The van der Waals surface area contributed by atoms with Crippen LogP contribution in [0.3, 0.4) is 0 Å². The molecule has 23 heavy (non-hydrogen) atoms. The Bertz CT molecular complexity index is 783. The average Bonchev–Trinajstić information content (AvgIpc) is 3.05. The average molecular weight is 340 g/mol. The smallest absolute Gasteiger partial charge is 0.416 e. The summed E-state index contributed by atoms with van der Waals surface area (Å²) in [4.78, 5) is 12.0. The van der Waals surface area contributed by atoms with Crippen LogP contribution < -0.4 is 10.6 Å². The summed E-state index contributed by atoms with van der Waals surface area (Å²) in [7, 11) is 0. The minimum atomic E-state index is -4.39. The molecule has 1 aliphatic rings. The summed E-state index contributed by atoms with van der Waals surface area (Å²) in [5.74, 6) is 0.336. The summed E-state index contributed by atoms with van der Waals surface area (Å²) in [6.07, 6.45) is -4.39. The number of thiocarbonyl (C=S) groups is 1. The Morgan fingerprint density at radius 3 is 2.30 bits per heavy atom. The van der Waals surface area contributed by atoms with E-state index in [1.807, 2.05) is 0 Å². The van der Waals surface area contributed by atoms with E-state index in [0.29, 0.717) is 17.1 Å². The van der Waals surface area contributed by atoms with E-state index in [1.165, 1.54) is 12.1 Å². The first-order valence-corrected chi connectivity index (χ1v) is 7.02. The van der Waals surface area contributed by atoms with E-state index in [9.17, 15) is 18.0 Å². The molecule has 1 unspecified atom stereocenters. The van der Waals surface area contributed by atoms with Gasteiger partial charge in [-0.3, -0.25) is 4.79 Å². The first-order valence-electron chi connectivity index (χ1n) is 6.62. The number of carbonyl (C=O) groups is 1. The molecular formula is C15H11F3N2O2S. The molecule has 0 spiro atoms. The Labute approximate surface area is 134 Å². The van der Waals surface area contributed by atoms with Crippen molar-refractivity contribution in [3.8, 4) is 11.3 Å². The Morgan fingerprint density at radius 2 is 1.78 bits per heavy atom. The van der Waals surface area contributed by atoms with E-state index in [-0.39, 0.29) is 11.0 Å². The third-order valence-corrected chi connectivity index (χ3v) is 3.84. The van der Waals surface area contributed by atoms with Gasteiger partial charge in [-0.2, -0.15) is 13.2 Å². The first-order chi connectivity index (χ1) is 10.7. The van der Waals surface area contributed by atoms with Crippen molar-refractivity contribution in [2.24, 2.45) is 0 Å². The van der Waals surface area contributed by atoms with Gasteiger partial charge in [0.2, 0.25) is 0 Å². The quantitative estimate of drug-likeness (QED) is 0.825. The van der Waals surface area contributed by atoms with Crippen LogP contribution in [0.4, 0.5) is 13.2 Å². The second-order valence-electron chi connectivity index (χ2n) is 5.27. The highest BCUT2D eigenvalue weighted by molar-refractivity contribution is 7.80. The molecule has 0 bridgehead atoms. The number of benzene rings is 1. The van der Waals surface area contributed by atoms with Gasteiger partial charge in [0.15, 0.2) is 10.7 Å². The fourth-order valence-electron chi connectivity index (χ4n) is 2.30. The van der Waals surface area contributed by atoms with Gasteiger partial charge < -0.3 is 15.1 Å². The van der Waals surface area contributed by atoms with Gasteiger partial charge in [0, 0.05) is 5.56 Å². The van der Waals surface area contributed by atoms with Crippen LogP contribution in [0.25, 0.3) is 11.3 Å². The highest BCUT2D eigenvalue weighted by Gasteiger charge is 2.44. The monoisotopic (exact) mass is 340 g/mol. The molecule has 1 aliphatic heterocycles. The van der Waals surface area contributed by atoms with Gasteiger partial charge >= 0.3 is 6.18 Å². The number of hydrogen-bond donors (Lipinski definition) is 2. The second kappa shape index (κ2) is 5.09. The predicted octanol–water partition coefficient (Wildman–Crippen LogP) is 3.18. The van der Waals surface area contributed by atoms with Crippen molar-refractivity contribution in [1.29, 1.82) is 0 Å². The molecule has 1 aromatic heterocycles. The molecule has 2 aromatic rings. The molecule has 120 valence electrons. The Morgan fingerprint density at radius 1 is 1.13 bits per heavy atom. The lowest BCUT2D eigenvalue weighted by Gasteiger charge is -2.17. The number of nitrogens with one attached hydrogen (secondary N) is 2. The van der Waals surface area contributed by atoms with E-state index < -0.39 is 17.3 Å². The molecule has 0 aliphatic carbocycles. The van der Waals surface area contributed by atoms with Crippen molar-refractivity contribution in [3.05, 3.63) is 47.7 Å². The van der Waals surface area contributed by atoms with Crippen LogP contribution >= 0.6 is 12.2 Å². The van der Waals surface area contributed by atoms with Gasteiger partial charge in [0.25, 0.3) is 5.91 Å². The number of alkyl halides is 3. The van der Waals surface area contributed by atoms with E-state index in [2.05, 4.69) is 10.6 Å². The molecule has 0 saturated carbocycles. The zero-order valence-corrected chi connectivity index (χ0v) is 12.6. The number of halogens is 3. The van der Waals surface area contributed by atoms with Crippen LogP contribution in [0.5, 0.6) is 0 Å². The molecular weight excluding hydrogens is 329 g/mol. The summed E-state index contributed by atoms with van der Waals surface area (Å²) in [6.45, 7) is 1.61. The molecule has 4 nitrogen and oxygen atoms in total. The molecule has 1 fully saturated rings. The van der Waals surface area contributed by atoms with Crippen molar-refractivity contribution in [2.75, 3.05) is 0 Å². The maximum atomic E-state index is 12.6. The third kappa shape index (κ3) is 2.70. The highest BCUT2D eigenvalue weighted by Crippen LogP contribution is 2.33. The second-order valence-corrected chi connectivity index (χ2v) is 5.68. The lowest BCUT2D eigenvalue weighted by atomic mass is 10.00. The number of hydrogen-bond acceptors (Lipinski definition) is 3. The molecule has 8 heteroatoms.